The Kier molecular flexibility index (Phi) is 2.42. The van der Waals surface area contributed by atoms with Crippen molar-refractivity contribution >= 4 is 32.8 Å². The molecule has 0 saturated heterocycles. The van der Waals surface area contributed by atoms with Crippen LogP contribution in [0.1, 0.15) is 25.0 Å². The highest BCUT2D eigenvalue weighted by Crippen LogP contribution is 2.52. The number of aromatic nitrogens is 2. The predicted molar refractivity (Wildman–Crippen MR) is 104 cm³/mol. The Labute approximate surface area is 150 Å². The van der Waals surface area contributed by atoms with Crippen LogP contribution in [-0.4, -0.2) is 9.97 Å². The van der Waals surface area contributed by atoms with E-state index in [1.165, 1.54) is 16.7 Å². The lowest BCUT2D eigenvalue weighted by molar-refractivity contribution is 0.657. The molecule has 0 radical (unpaired) electrons. The molecule has 124 valence electrons. The van der Waals surface area contributed by atoms with Crippen molar-refractivity contribution in [2.75, 3.05) is 0 Å². The molecule has 0 fully saturated rings. The molecule has 0 aliphatic heterocycles. The lowest BCUT2D eigenvalue weighted by Gasteiger charge is -2.21. The standard InChI is InChI=1S/C23H16N2O/c1-23(2)16-8-5-11-24-20(16)15-9-10-17-18(19(15)23)21-22(26-17)14-7-4-3-6-13(14)12-25-21/h3-12H,1-2H3. The number of benzene rings is 2. The molecule has 3 nitrogen and oxygen atoms in total. The van der Waals surface area contributed by atoms with Crippen molar-refractivity contribution in [1.82, 2.24) is 9.97 Å². The maximum absolute atomic E-state index is 6.30. The fourth-order valence-electron chi connectivity index (χ4n) is 4.54. The van der Waals surface area contributed by atoms with Crippen molar-refractivity contribution in [3.05, 3.63) is 72.1 Å². The second kappa shape index (κ2) is 4.50. The zero-order valence-electron chi connectivity index (χ0n) is 14.6. The Morgan fingerprint density at radius 2 is 1.81 bits per heavy atom. The summed E-state index contributed by atoms with van der Waals surface area (Å²) in [6.45, 7) is 4.53. The molecule has 0 bridgehead atoms. The summed E-state index contributed by atoms with van der Waals surface area (Å²) in [4.78, 5) is 9.46. The normalized spacial score (nSPS) is 14.8. The van der Waals surface area contributed by atoms with Crippen molar-refractivity contribution < 1.29 is 4.42 Å². The topological polar surface area (TPSA) is 38.9 Å². The van der Waals surface area contributed by atoms with E-state index in [1.807, 2.05) is 30.6 Å². The highest BCUT2D eigenvalue weighted by atomic mass is 16.3. The van der Waals surface area contributed by atoms with Crippen LogP contribution in [0.25, 0.3) is 44.1 Å². The molecule has 2 aromatic carbocycles. The van der Waals surface area contributed by atoms with Gasteiger partial charge in [-0.05, 0) is 29.3 Å². The van der Waals surface area contributed by atoms with Gasteiger partial charge in [0.2, 0.25) is 0 Å². The highest BCUT2D eigenvalue weighted by Gasteiger charge is 2.39. The zero-order chi connectivity index (χ0) is 17.5. The van der Waals surface area contributed by atoms with Crippen LogP contribution in [0.5, 0.6) is 0 Å². The number of furan rings is 1. The molecule has 1 aliphatic rings. The largest absolute Gasteiger partial charge is 0.454 e. The van der Waals surface area contributed by atoms with Gasteiger partial charge in [-0.2, -0.15) is 0 Å². The SMILES string of the molecule is CC1(C)c2cccnc2-c2ccc3oc4c5ccccc5cnc4c3c21. The van der Waals surface area contributed by atoms with E-state index in [1.54, 1.807) is 0 Å². The first-order chi connectivity index (χ1) is 12.7. The van der Waals surface area contributed by atoms with E-state index >= 15 is 0 Å². The molecule has 3 heterocycles. The minimum absolute atomic E-state index is 0.136. The van der Waals surface area contributed by atoms with Crippen LogP contribution >= 0.6 is 0 Å². The Bertz CT molecular complexity index is 1360. The third-order valence-electron chi connectivity index (χ3n) is 5.73. The molecule has 0 saturated carbocycles. The summed E-state index contributed by atoms with van der Waals surface area (Å²) in [7, 11) is 0. The van der Waals surface area contributed by atoms with E-state index in [0.717, 1.165) is 38.5 Å². The molecule has 0 N–H and O–H groups in total. The fraction of sp³-hybridized carbons (Fsp3) is 0.130. The first kappa shape index (κ1) is 14.0. The predicted octanol–water partition coefficient (Wildman–Crippen LogP) is 5.84. The maximum atomic E-state index is 6.30. The van der Waals surface area contributed by atoms with E-state index in [9.17, 15) is 0 Å². The molecule has 5 aromatic rings. The molecule has 3 aromatic heterocycles. The Balaban J connectivity index is 1.84. The van der Waals surface area contributed by atoms with E-state index < -0.39 is 0 Å². The van der Waals surface area contributed by atoms with Crippen LogP contribution in [0.4, 0.5) is 0 Å². The summed E-state index contributed by atoms with van der Waals surface area (Å²) in [5, 5.41) is 3.32. The van der Waals surface area contributed by atoms with Gasteiger partial charge in [-0.3, -0.25) is 9.97 Å². The molecule has 0 spiro atoms. The molecule has 26 heavy (non-hydrogen) atoms. The van der Waals surface area contributed by atoms with Crippen molar-refractivity contribution in [3.63, 3.8) is 0 Å². The number of nitrogens with zero attached hydrogens (tertiary/aromatic N) is 2. The van der Waals surface area contributed by atoms with Gasteiger partial charge in [-0.1, -0.05) is 44.2 Å². The number of rotatable bonds is 0. The maximum Gasteiger partial charge on any atom is 0.161 e. The Morgan fingerprint density at radius 3 is 2.73 bits per heavy atom. The van der Waals surface area contributed by atoms with Crippen molar-refractivity contribution in [3.8, 4) is 11.3 Å². The van der Waals surface area contributed by atoms with Crippen LogP contribution in [0.2, 0.25) is 0 Å². The molecular formula is C23H16N2O. The number of hydrogen-bond donors (Lipinski definition) is 0. The van der Waals surface area contributed by atoms with Crippen molar-refractivity contribution in [2.24, 2.45) is 0 Å². The fourth-order valence-corrected chi connectivity index (χ4v) is 4.54. The van der Waals surface area contributed by atoms with E-state index in [2.05, 4.69) is 49.2 Å². The third-order valence-corrected chi connectivity index (χ3v) is 5.73. The first-order valence-corrected chi connectivity index (χ1v) is 8.85. The monoisotopic (exact) mass is 336 g/mol. The van der Waals surface area contributed by atoms with Gasteiger partial charge in [0.05, 0.1) is 11.1 Å². The summed E-state index contributed by atoms with van der Waals surface area (Å²) in [6.07, 6.45) is 3.81. The van der Waals surface area contributed by atoms with E-state index in [0.29, 0.717) is 0 Å². The van der Waals surface area contributed by atoms with Crippen LogP contribution in [0.15, 0.2) is 65.3 Å². The van der Waals surface area contributed by atoms with Gasteiger partial charge in [0, 0.05) is 34.1 Å². The first-order valence-electron chi connectivity index (χ1n) is 8.85. The lowest BCUT2D eigenvalue weighted by atomic mass is 9.81. The summed E-state index contributed by atoms with van der Waals surface area (Å²) in [5.41, 5.74) is 7.36. The number of pyridine rings is 2. The molecule has 1 aliphatic carbocycles. The van der Waals surface area contributed by atoms with Crippen molar-refractivity contribution in [1.29, 1.82) is 0 Å². The summed E-state index contributed by atoms with van der Waals surface area (Å²) < 4.78 is 6.30. The second-order valence-electron chi connectivity index (χ2n) is 7.51. The summed E-state index contributed by atoms with van der Waals surface area (Å²) in [6, 6.07) is 16.6. The van der Waals surface area contributed by atoms with Gasteiger partial charge >= 0.3 is 0 Å². The van der Waals surface area contributed by atoms with Crippen LogP contribution in [-0.2, 0) is 5.41 Å². The molecule has 0 amide bonds. The van der Waals surface area contributed by atoms with Gasteiger partial charge in [0.1, 0.15) is 11.1 Å². The number of hydrogen-bond acceptors (Lipinski definition) is 3. The molecule has 6 rings (SSSR count). The minimum Gasteiger partial charge on any atom is -0.454 e. The Morgan fingerprint density at radius 1 is 0.923 bits per heavy atom. The second-order valence-corrected chi connectivity index (χ2v) is 7.51. The molecule has 0 atom stereocenters. The average molecular weight is 336 g/mol. The molecule has 0 unspecified atom stereocenters. The van der Waals surface area contributed by atoms with Gasteiger partial charge < -0.3 is 4.42 Å². The van der Waals surface area contributed by atoms with Crippen molar-refractivity contribution in [2.45, 2.75) is 19.3 Å². The Hall–Kier alpha value is -3.20. The van der Waals surface area contributed by atoms with Gasteiger partial charge in [0.15, 0.2) is 5.58 Å². The minimum atomic E-state index is -0.136. The quantitative estimate of drug-likeness (QED) is 0.357. The third kappa shape index (κ3) is 1.54. The molecular weight excluding hydrogens is 320 g/mol. The van der Waals surface area contributed by atoms with Crippen LogP contribution in [0, 0.1) is 0 Å². The zero-order valence-corrected chi connectivity index (χ0v) is 14.6. The summed E-state index contributed by atoms with van der Waals surface area (Å²) in [5.74, 6) is 0. The van der Waals surface area contributed by atoms with Crippen LogP contribution in [0.3, 0.4) is 0 Å². The van der Waals surface area contributed by atoms with E-state index in [4.69, 9.17) is 9.40 Å². The number of fused-ring (bicyclic) bond motifs is 9. The molecule has 3 heteroatoms. The lowest BCUT2D eigenvalue weighted by Crippen LogP contribution is -2.15. The highest BCUT2D eigenvalue weighted by molar-refractivity contribution is 6.15. The van der Waals surface area contributed by atoms with Gasteiger partial charge in [-0.25, -0.2) is 0 Å². The smallest absolute Gasteiger partial charge is 0.161 e. The van der Waals surface area contributed by atoms with Crippen LogP contribution < -0.4 is 0 Å². The summed E-state index contributed by atoms with van der Waals surface area (Å²) >= 11 is 0. The van der Waals surface area contributed by atoms with Gasteiger partial charge in [0.25, 0.3) is 0 Å². The average Bonchev–Trinajstić information content (AvgIpc) is 3.16. The van der Waals surface area contributed by atoms with Gasteiger partial charge in [-0.15, -0.1) is 0 Å². The van der Waals surface area contributed by atoms with E-state index in [-0.39, 0.29) is 5.41 Å².